The van der Waals surface area contributed by atoms with Gasteiger partial charge in [-0.05, 0) is 37.5 Å². The Labute approximate surface area is 187 Å². The molecule has 1 aromatic rings. The number of amides is 2. The van der Waals surface area contributed by atoms with Gasteiger partial charge < -0.3 is 15.5 Å². The van der Waals surface area contributed by atoms with Crippen LogP contribution in [0.15, 0.2) is 23.1 Å². The number of carbonyl (C=O) groups excluding carboxylic acids is 2. The molecule has 2 amide bonds. The highest BCUT2D eigenvalue weighted by atomic mass is 35.5. The van der Waals surface area contributed by atoms with Crippen molar-refractivity contribution in [3.05, 3.63) is 28.2 Å². The second-order valence-corrected chi connectivity index (χ2v) is 10.4. The van der Waals surface area contributed by atoms with Gasteiger partial charge in [0, 0.05) is 30.7 Å². The summed E-state index contributed by atoms with van der Waals surface area (Å²) in [6.07, 6.45) is 0.597. The zero-order valence-corrected chi connectivity index (χ0v) is 19.6. The van der Waals surface area contributed by atoms with E-state index in [1.54, 1.807) is 4.90 Å². The van der Waals surface area contributed by atoms with Gasteiger partial charge in [0.05, 0.1) is 17.6 Å². The normalized spacial score (nSPS) is 18.6. The average Bonchev–Trinajstić information content (AvgIpc) is 2.64. The molecule has 0 unspecified atom stereocenters. The fraction of sp³-hybridized carbons (Fsp3) is 0.579. The van der Waals surface area contributed by atoms with Crippen molar-refractivity contribution >= 4 is 45.0 Å². The van der Waals surface area contributed by atoms with Gasteiger partial charge in [-0.3, -0.25) is 9.59 Å². The van der Waals surface area contributed by atoms with Crippen molar-refractivity contribution in [2.45, 2.75) is 44.2 Å². The number of hydrogen-bond acceptors (Lipinski definition) is 5. The lowest BCUT2D eigenvalue weighted by Gasteiger charge is -2.41. The van der Waals surface area contributed by atoms with Crippen LogP contribution < -0.4 is 10.5 Å². The lowest BCUT2D eigenvalue weighted by atomic mass is 10.0. The van der Waals surface area contributed by atoms with Crippen LogP contribution in [0.4, 0.5) is 0 Å². The first-order chi connectivity index (χ1) is 13.9. The summed E-state index contributed by atoms with van der Waals surface area (Å²) in [5.41, 5.74) is 6.01. The Hall–Kier alpha value is -1.39. The van der Waals surface area contributed by atoms with E-state index in [9.17, 15) is 18.0 Å². The predicted octanol–water partition coefficient (Wildman–Crippen LogP) is 1.70. The number of hydrogen-bond donors (Lipinski definition) is 2. The summed E-state index contributed by atoms with van der Waals surface area (Å²) >= 11 is 11.7. The van der Waals surface area contributed by atoms with Crippen molar-refractivity contribution in [1.82, 2.24) is 14.5 Å². The van der Waals surface area contributed by atoms with Crippen LogP contribution in [0.3, 0.4) is 0 Å². The topological polar surface area (TPSA) is 113 Å². The van der Waals surface area contributed by atoms with Crippen LogP contribution in [-0.4, -0.2) is 68.3 Å². The van der Waals surface area contributed by atoms with Crippen molar-refractivity contribution in [1.29, 1.82) is 0 Å². The maximum Gasteiger partial charge on any atom is 0.242 e. The molecule has 3 N–H and O–H groups in total. The number of carbonyl (C=O) groups is 2. The fourth-order valence-electron chi connectivity index (χ4n) is 3.37. The Morgan fingerprint density at radius 3 is 2.50 bits per heavy atom. The van der Waals surface area contributed by atoms with Crippen LogP contribution >= 0.6 is 23.2 Å². The summed E-state index contributed by atoms with van der Waals surface area (Å²) in [5, 5.41) is 0.283. The summed E-state index contributed by atoms with van der Waals surface area (Å²) in [7, 11) is -3.97. The molecule has 1 aliphatic heterocycles. The van der Waals surface area contributed by atoms with E-state index in [0.717, 1.165) is 0 Å². The van der Waals surface area contributed by atoms with Gasteiger partial charge in [0.25, 0.3) is 0 Å². The van der Waals surface area contributed by atoms with Crippen LogP contribution in [0, 0.1) is 5.92 Å². The van der Waals surface area contributed by atoms with Crippen molar-refractivity contribution in [2.75, 3.05) is 26.2 Å². The number of benzene rings is 1. The van der Waals surface area contributed by atoms with E-state index >= 15 is 0 Å². The second-order valence-electron chi connectivity index (χ2n) is 7.86. The monoisotopic (exact) mass is 478 g/mol. The third kappa shape index (κ3) is 6.31. The van der Waals surface area contributed by atoms with Gasteiger partial charge in [-0.1, -0.05) is 37.0 Å². The summed E-state index contributed by atoms with van der Waals surface area (Å²) in [6.45, 7) is 6.42. The SMILES string of the molecule is CC(C)C[C@H](N)C(=O)N1CCN(C(=O)CNS(=O)(=O)c2ccc(Cl)cc2Cl)C[C@@H]1C. The molecular formula is C19H28Cl2N4O4S. The molecule has 11 heteroatoms. The molecule has 1 fully saturated rings. The minimum atomic E-state index is -3.97. The molecule has 8 nitrogen and oxygen atoms in total. The molecule has 30 heavy (non-hydrogen) atoms. The molecule has 0 aromatic heterocycles. The Morgan fingerprint density at radius 2 is 1.93 bits per heavy atom. The van der Waals surface area contributed by atoms with Crippen LogP contribution in [0.25, 0.3) is 0 Å². The number of halogens is 2. The lowest BCUT2D eigenvalue weighted by Crippen LogP contribution is -2.59. The molecule has 0 bridgehead atoms. The van der Waals surface area contributed by atoms with E-state index in [0.29, 0.717) is 37.0 Å². The van der Waals surface area contributed by atoms with Crippen molar-refractivity contribution < 1.29 is 18.0 Å². The molecule has 0 radical (unpaired) electrons. The van der Waals surface area contributed by atoms with Crippen molar-refractivity contribution in [3.63, 3.8) is 0 Å². The second kappa shape index (κ2) is 10.3. The molecule has 2 atom stereocenters. The van der Waals surface area contributed by atoms with Gasteiger partial charge in [-0.15, -0.1) is 0 Å². The molecule has 1 aliphatic rings. The largest absolute Gasteiger partial charge is 0.338 e. The van der Waals surface area contributed by atoms with Gasteiger partial charge >= 0.3 is 0 Å². The zero-order valence-electron chi connectivity index (χ0n) is 17.3. The molecule has 2 rings (SSSR count). The number of rotatable bonds is 7. The highest BCUT2D eigenvalue weighted by Crippen LogP contribution is 2.24. The lowest BCUT2D eigenvalue weighted by molar-refractivity contribution is -0.143. The van der Waals surface area contributed by atoms with Gasteiger partial charge in [-0.2, -0.15) is 0 Å². The third-order valence-electron chi connectivity index (χ3n) is 4.90. The number of nitrogens with zero attached hydrogens (tertiary/aromatic N) is 2. The summed E-state index contributed by atoms with van der Waals surface area (Å²) in [6, 6.07) is 3.23. The molecule has 1 aromatic carbocycles. The van der Waals surface area contributed by atoms with E-state index in [2.05, 4.69) is 4.72 Å². The number of piperazine rings is 1. The van der Waals surface area contributed by atoms with E-state index in [1.807, 2.05) is 20.8 Å². The van der Waals surface area contributed by atoms with E-state index < -0.39 is 22.6 Å². The maximum absolute atomic E-state index is 12.6. The van der Waals surface area contributed by atoms with Crippen molar-refractivity contribution in [3.8, 4) is 0 Å². The summed E-state index contributed by atoms with van der Waals surface area (Å²) in [4.78, 5) is 28.2. The van der Waals surface area contributed by atoms with Crippen LogP contribution in [0.5, 0.6) is 0 Å². The molecule has 1 saturated heterocycles. The Morgan fingerprint density at radius 1 is 1.27 bits per heavy atom. The number of nitrogens with one attached hydrogen (secondary N) is 1. The zero-order chi connectivity index (χ0) is 22.6. The molecule has 1 heterocycles. The summed E-state index contributed by atoms with van der Waals surface area (Å²) < 4.78 is 27.2. The van der Waals surface area contributed by atoms with E-state index in [-0.39, 0.29) is 27.8 Å². The summed E-state index contributed by atoms with van der Waals surface area (Å²) in [5.74, 6) is -0.195. The first kappa shape index (κ1) is 24.9. The molecular weight excluding hydrogens is 451 g/mol. The van der Waals surface area contributed by atoms with Crippen LogP contribution in [-0.2, 0) is 19.6 Å². The molecule has 168 valence electrons. The van der Waals surface area contributed by atoms with Crippen molar-refractivity contribution in [2.24, 2.45) is 11.7 Å². The van der Waals surface area contributed by atoms with Crippen LogP contribution in [0.1, 0.15) is 27.2 Å². The third-order valence-corrected chi connectivity index (χ3v) is 7.02. The molecule has 0 saturated carbocycles. The fourth-order valence-corrected chi connectivity index (χ4v) is 5.12. The first-order valence-corrected chi connectivity index (χ1v) is 11.9. The highest BCUT2D eigenvalue weighted by molar-refractivity contribution is 7.89. The van der Waals surface area contributed by atoms with Gasteiger partial charge in [0.1, 0.15) is 4.90 Å². The van der Waals surface area contributed by atoms with Gasteiger partial charge in [-0.25, -0.2) is 13.1 Å². The Bertz CT molecular complexity index is 895. The quantitative estimate of drug-likeness (QED) is 0.618. The van der Waals surface area contributed by atoms with Crippen LogP contribution in [0.2, 0.25) is 10.0 Å². The highest BCUT2D eigenvalue weighted by Gasteiger charge is 2.32. The van der Waals surface area contributed by atoms with E-state index in [1.165, 1.54) is 23.1 Å². The van der Waals surface area contributed by atoms with Gasteiger partial charge in [0.15, 0.2) is 0 Å². The smallest absolute Gasteiger partial charge is 0.242 e. The molecule has 0 aliphatic carbocycles. The Kier molecular flexibility index (Phi) is 8.52. The minimum Gasteiger partial charge on any atom is -0.338 e. The number of sulfonamides is 1. The average molecular weight is 479 g/mol. The predicted molar refractivity (Wildman–Crippen MR) is 117 cm³/mol. The minimum absolute atomic E-state index is 0.0269. The standard InChI is InChI=1S/C19H28Cl2N4O4S/c1-12(2)8-16(22)19(27)25-7-6-24(11-13(25)3)18(26)10-23-30(28,29)17-5-4-14(20)9-15(17)21/h4-5,9,12-13,16,23H,6-8,10-11,22H2,1-3H3/t13-,16-/m0/s1. The first-order valence-electron chi connectivity index (χ1n) is 9.71. The Balaban J connectivity index is 1.94. The maximum atomic E-state index is 12.6. The molecule has 0 spiro atoms. The van der Waals surface area contributed by atoms with Gasteiger partial charge in [0.2, 0.25) is 21.8 Å². The number of nitrogens with two attached hydrogens (primary N) is 1. The van der Waals surface area contributed by atoms with E-state index in [4.69, 9.17) is 28.9 Å².